The largest absolute Gasteiger partial charge is 0.383 e. The van der Waals surface area contributed by atoms with Gasteiger partial charge in [0.25, 0.3) is 0 Å². The Balaban J connectivity index is 0.000000845. The highest BCUT2D eigenvalue weighted by Crippen LogP contribution is 2.38. The lowest BCUT2D eigenvalue weighted by Crippen LogP contribution is -2.09. The van der Waals surface area contributed by atoms with Crippen LogP contribution in [-0.2, 0) is 17.5 Å². The fourth-order valence-corrected chi connectivity index (χ4v) is 1.21. The number of rotatable bonds is 0. The Labute approximate surface area is 74.1 Å². The number of ether oxygens (including phenoxy) is 1. The average Bonchev–Trinajstić information content (AvgIpc) is 2.27. The summed E-state index contributed by atoms with van der Waals surface area (Å²) in [6, 6.07) is 3.12. The van der Waals surface area contributed by atoms with Gasteiger partial charge in [-0.25, -0.2) is 4.39 Å². The van der Waals surface area contributed by atoms with E-state index in [0.29, 0.717) is 0 Å². The summed E-state index contributed by atoms with van der Waals surface area (Å²) in [5.74, 6) is -0.518. The summed E-state index contributed by atoms with van der Waals surface area (Å²) in [5.41, 5.74) is -0.0103. The molecule has 1 nitrogen and oxygen atoms in total. The van der Waals surface area contributed by atoms with Crippen molar-refractivity contribution in [2.45, 2.75) is 20.1 Å². The first-order chi connectivity index (χ1) is 5.59. The van der Waals surface area contributed by atoms with Crippen molar-refractivity contribution in [2.24, 2.45) is 0 Å². The minimum Gasteiger partial charge on any atom is -0.312 e. The maximum atomic E-state index is 12.7. The van der Waals surface area contributed by atoms with Crippen LogP contribution >= 0.6 is 0 Å². The molecule has 0 amide bonds. The topological polar surface area (TPSA) is 9.23 Å². The normalized spacial score (nSPS) is 17.8. The second kappa shape index (κ2) is 3.03. The third-order valence-electron chi connectivity index (χ3n) is 1.79. The molecule has 1 aromatic rings. The number of hydrogen-bond acceptors (Lipinski definition) is 1. The van der Waals surface area contributed by atoms with E-state index in [4.69, 9.17) is 0 Å². The number of halogens is 3. The van der Waals surface area contributed by atoms with Gasteiger partial charge in [-0.3, -0.25) is 0 Å². The molecule has 1 aliphatic rings. The van der Waals surface area contributed by atoms with Crippen molar-refractivity contribution in [3.8, 4) is 0 Å². The van der Waals surface area contributed by atoms with Crippen molar-refractivity contribution in [3.05, 3.63) is 35.1 Å². The van der Waals surface area contributed by atoms with Gasteiger partial charge in [0.05, 0.1) is 12.2 Å². The van der Waals surface area contributed by atoms with Crippen LogP contribution in [0.25, 0.3) is 0 Å². The lowest BCUT2D eigenvalue weighted by molar-refractivity contribution is -0.239. The molecule has 0 unspecified atom stereocenters. The first-order valence-corrected chi connectivity index (χ1v) is 3.40. The Morgan fingerprint density at radius 2 is 2.00 bits per heavy atom. The first kappa shape index (κ1) is 10.1. The molecule has 0 bridgehead atoms. The molecule has 0 saturated heterocycles. The van der Waals surface area contributed by atoms with Crippen LogP contribution in [0.3, 0.4) is 0 Å². The van der Waals surface area contributed by atoms with Crippen molar-refractivity contribution in [2.75, 3.05) is 0 Å². The van der Waals surface area contributed by atoms with Gasteiger partial charge in [-0.15, -0.1) is 0 Å². The van der Waals surface area contributed by atoms with E-state index >= 15 is 0 Å². The molecule has 0 atom stereocenters. The van der Waals surface area contributed by atoms with Crippen LogP contribution in [-0.4, -0.2) is 0 Å². The summed E-state index contributed by atoms with van der Waals surface area (Å²) in [6.45, 7) is -0.222. The molecule has 0 spiro atoms. The maximum absolute atomic E-state index is 12.7. The van der Waals surface area contributed by atoms with Crippen LogP contribution in [0.2, 0.25) is 0 Å². The van der Waals surface area contributed by atoms with E-state index in [-0.39, 0.29) is 25.2 Å². The van der Waals surface area contributed by atoms with Crippen LogP contribution in [0.15, 0.2) is 18.2 Å². The van der Waals surface area contributed by atoms with Crippen molar-refractivity contribution in [1.29, 1.82) is 0 Å². The second-order valence-electron chi connectivity index (χ2n) is 2.61. The van der Waals surface area contributed by atoms with Gasteiger partial charge < -0.3 is 4.74 Å². The summed E-state index contributed by atoms with van der Waals surface area (Å²) in [4.78, 5) is 0. The van der Waals surface area contributed by atoms with E-state index in [9.17, 15) is 13.2 Å². The molecule has 1 heterocycles. The van der Waals surface area contributed by atoms with E-state index in [0.717, 1.165) is 18.2 Å². The van der Waals surface area contributed by atoms with Crippen molar-refractivity contribution >= 4 is 0 Å². The van der Waals surface area contributed by atoms with Gasteiger partial charge >= 0.3 is 6.11 Å². The van der Waals surface area contributed by atoms with Gasteiger partial charge in [0.15, 0.2) is 0 Å². The van der Waals surface area contributed by atoms with Crippen molar-refractivity contribution in [3.63, 3.8) is 0 Å². The average molecular weight is 190 g/mol. The molecule has 0 saturated carbocycles. The van der Waals surface area contributed by atoms with E-state index in [1.165, 1.54) is 0 Å². The molecule has 0 aromatic heterocycles. The van der Waals surface area contributed by atoms with E-state index in [2.05, 4.69) is 4.74 Å². The second-order valence-corrected chi connectivity index (χ2v) is 2.61. The number of benzene rings is 1. The Kier molecular flexibility index (Phi) is 2.34. The van der Waals surface area contributed by atoms with E-state index in [1.54, 1.807) is 0 Å². The van der Waals surface area contributed by atoms with Gasteiger partial charge in [-0.2, -0.15) is 8.78 Å². The van der Waals surface area contributed by atoms with Gasteiger partial charge in [-0.05, 0) is 23.8 Å². The zero-order chi connectivity index (χ0) is 8.77. The highest BCUT2D eigenvalue weighted by Gasteiger charge is 2.40. The minimum absolute atomic E-state index is 0. The van der Waals surface area contributed by atoms with E-state index in [1.807, 2.05) is 0 Å². The Hall–Kier alpha value is -1.03. The highest BCUT2D eigenvalue weighted by molar-refractivity contribution is 5.32. The molecule has 1 aliphatic heterocycles. The van der Waals surface area contributed by atoms with Gasteiger partial charge in [0, 0.05) is 0 Å². The molecular weight excluding hydrogens is 181 g/mol. The molecule has 13 heavy (non-hydrogen) atoms. The monoisotopic (exact) mass is 190 g/mol. The molecule has 0 fully saturated rings. The maximum Gasteiger partial charge on any atom is 0.383 e. The summed E-state index contributed by atoms with van der Waals surface area (Å²) < 4.78 is 42.1. The smallest absolute Gasteiger partial charge is 0.312 e. The molecule has 72 valence electrons. The Bertz CT molecular complexity index is 323. The van der Waals surface area contributed by atoms with Gasteiger partial charge in [0.1, 0.15) is 5.82 Å². The van der Waals surface area contributed by atoms with Crippen LogP contribution in [0.1, 0.15) is 18.6 Å². The zero-order valence-corrected chi connectivity index (χ0v) is 5.98. The van der Waals surface area contributed by atoms with Crippen LogP contribution < -0.4 is 0 Å². The minimum atomic E-state index is -3.25. The predicted octanol–water partition coefficient (Wildman–Crippen LogP) is 3.04. The van der Waals surface area contributed by atoms with Crippen LogP contribution in [0.4, 0.5) is 13.2 Å². The van der Waals surface area contributed by atoms with Gasteiger partial charge in [-0.1, -0.05) is 7.43 Å². The number of alkyl halides is 2. The molecule has 1 aromatic carbocycles. The SMILES string of the molecule is C.Fc1ccc2c(c1)COC2(F)F. The molecule has 0 N–H and O–H groups in total. The molecule has 4 heteroatoms. The number of hydrogen-bond donors (Lipinski definition) is 0. The zero-order valence-electron chi connectivity index (χ0n) is 5.98. The Morgan fingerprint density at radius 3 is 2.69 bits per heavy atom. The lowest BCUT2D eigenvalue weighted by atomic mass is 10.1. The third kappa shape index (κ3) is 1.54. The fourth-order valence-electron chi connectivity index (χ4n) is 1.21. The molecule has 2 rings (SSSR count). The van der Waals surface area contributed by atoms with Crippen molar-refractivity contribution in [1.82, 2.24) is 0 Å². The lowest BCUT2D eigenvalue weighted by Gasteiger charge is -2.07. The van der Waals surface area contributed by atoms with Crippen LogP contribution in [0.5, 0.6) is 0 Å². The Morgan fingerprint density at radius 1 is 1.31 bits per heavy atom. The van der Waals surface area contributed by atoms with Gasteiger partial charge in [0.2, 0.25) is 0 Å². The van der Waals surface area contributed by atoms with E-state index < -0.39 is 11.9 Å². The fraction of sp³-hybridized carbons (Fsp3) is 0.333. The highest BCUT2D eigenvalue weighted by atomic mass is 19.3. The molecule has 0 aliphatic carbocycles. The summed E-state index contributed by atoms with van der Waals surface area (Å²) in [6.07, 6.45) is -3.25. The predicted molar refractivity (Wildman–Crippen MR) is 41.8 cm³/mol. The van der Waals surface area contributed by atoms with Crippen LogP contribution in [0, 0.1) is 5.82 Å². The molecular formula is C9H9F3O. The standard InChI is InChI=1S/C8H5F3O.CH4/c9-6-1-2-7-5(3-6)4-12-8(7,10)11;/h1-3H,4H2;1H4. The summed E-state index contributed by atoms with van der Waals surface area (Å²) in [7, 11) is 0. The van der Waals surface area contributed by atoms with Crippen molar-refractivity contribution < 1.29 is 17.9 Å². The quantitative estimate of drug-likeness (QED) is 0.611. The summed E-state index contributed by atoms with van der Waals surface area (Å²) >= 11 is 0. The first-order valence-electron chi connectivity index (χ1n) is 3.40. The molecule has 0 radical (unpaired) electrons. The number of fused-ring (bicyclic) bond motifs is 1. The third-order valence-corrected chi connectivity index (χ3v) is 1.79. The summed E-state index contributed by atoms with van der Waals surface area (Å²) in [5, 5.41) is 0.